The molecule has 0 bridgehead atoms. The highest BCUT2D eigenvalue weighted by molar-refractivity contribution is 5.97. The van der Waals surface area contributed by atoms with Crippen LogP contribution in [0.4, 0.5) is 0 Å². The molecule has 16 N–H and O–H groups in total. The van der Waals surface area contributed by atoms with Crippen LogP contribution in [0.2, 0.25) is 0 Å². The van der Waals surface area contributed by atoms with Gasteiger partial charge in [0, 0.05) is 29.9 Å². The number of benzene rings is 1. The Bertz CT molecular complexity index is 1770. The monoisotopic (exact) mass is 846 g/mol. The molecule has 334 valence electrons. The van der Waals surface area contributed by atoms with Crippen molar-refractivity contribution in [2.24, 2.45) is 23.1 Å². The van der Waals surface area contributed by atoms with Crippen LogP contribution in [0.25, 0.3) is 10.9 Å². The van der Waals surface area contributed by atoms with E-state index in [-0.39, 0.29) is 25.7 Å². The number of amides is 6. The molecule has 60 heavy (non-hydrogen) atoms. The highest BCUT2D eigenvalue weighted by Crippen LogP contribution is 2.20. The Hall–Kier alpha value is -5.64. The third-order valence-corrected chi connectivity index (χ3v) is 9.69. The first kappa shape index (κ1) is 50.5. The number of unbranched alkanes of at least 4 members (excludes halogenated alkanes) is 2. The van der Waals surface area contributed by atoms with Crippen LogP contribution >= 0.6 is 0 Å². The molecule has 7 atom stereocenters. The molecule has 0 aliphatic carbocycles. The number of aliphatic hydroxyl groups is 1. The van der Waals surface area contributed by atoms with Crippen molar-refractivity contribution in [2.75, 3.05) is 19.7 Å². The Morgan fingerprint density at radius 3 is 1.77 bits per heavy atom. The lowest BCUT2D eigenvalue weighted by Gasteiger charge is -2.28. The summed E-state index contributed by atoms with van der Waals surface area (Å²) < 4.78 is 0. The topological polar surface area (TPSA) is 363 Å². The number of nitrogens with one attached hydrogen (secondary N) is 7. The first-order valence-corrected chi connectivity index (χ1v) is 20.0. The maximum atomic E-state index is 14.2. The molecule has 21 heteroatoms. The number of carbonyl (C=O) groups is 8. The summed E-state index contributed by atoms with van der Waals surface area (Å²) in [7, 11) is 0. The number of fused-ring (bicyclic) bond motifs is 1. The van der Waals surface area contributed by atoms with Crippen LogP contribution in [0.5, 0.6) is 0 Å². The summed E-state index contributed by atoms with van der Waals surface area (Å²) in [4.78, 5) is 107. The number of rotatable bonds is 28. The number of nitrogens with two attached hydrogens (primary N) is 3. The van der Waals surface area contributed by atoms with Crippen molar-refractivity contribution in [3.8, 4) is 0 Å². The van der Waals surface area contributed by atoms with Crippen molar-refractivity contribution in [1.82, 2.24) is 36.9 Å². The average molecular weight is 847 g/mol. The second kappa shape index (κ2) is 25.8. The van der Waals surface area contributed by atoms with Crippen molar-refractivity contribution in [3.63, 3.8) is 0 Å². The third kappa shape index (κ3) is 16.5. The molecule has 21 nitrogen and oxygen atoms in total. The Kier molecular flexibility index (Phi) is 21.7. The zero-order chi connectivity index (χ0) is 44.9. The lowest BCUT2D eigenvalue weighted by Crippen LogP contribution is -2.60. The number of carboxylic acid groups (broad SMARTS) is 2. The first-order valence-electron chi connectivity index (χ1n) is 20.0. The van der Waals surface area contributed by atoms with E-state index in [1.54, 1.807) is 26.1 Å². The molecule has 0 radical (unpaired) electrons. The summed E-state index contributed by atoms with van der Waals surface area (Å²) in [6.07, 6.45) is 2.88. The Balaban J connectivity index is 2.36. The zero-order valence-electron chi connectivity index (χ0n) is 34.3. The van der Waals surface area contributed by atoms with Crippen molar-refractivity contribution < 1.29 is 53.7 Å². The maximum Gasteiger partial charge on any atom is 0.326 e. The average Bonchev–Trinajstić information content (AvgIpc) is 3.61. The summed E-state index contributed by atoms with van der Waals surface area (Å²) >= 11 is 0. The van der Waals surface area contributed by atoms with Crippen molar-refractivity contribution >= 4 is 58.3 Å². The molecular weight excluding hydrogens is 784 g/mol. The molecule has 0 saturated carbocycles. The molecule has 6 amide bonds. The summed E-state index contributed by atoms with van der Waals surface area (Å²) in [5.41, 5.74) is 18.2. The molecule has 1 heterocycles. The Labute approximate surface area is 348 Å². The SMILES string of the molecule is CC(C)[C@H](NC(=O)[C@H](C)NC(=O)[C@H](CCC(=O)O)NC(=O)[C@@H](N)CO)C(=O)N[C@@H](Cc1c[nH]c2ccccc12)C(=O)N[C@@H](CCCCN)C(=O)N[C@@H](CCCCN)C(=O)O. The highest BCUT2D eigenvalue weighted by atomic mass is 16.4. The fourth-order valence-corrected chi connectivity index (χ4v) is 6.14. The van der Waals surface area contributed by atoms with Gasteiger partial charge in [-0.1, -0.05) is 32.0 Å². The number of hydrogen-bond donors (Lipinski definition) is 13. The number of hydrogen-bond acceptors (Lipinski definition) is 12. The van der Waals surface area contributed by atoms with Crippen LogP contribution in [-0.2, 0) is 44.8 Å². The van der Waals surface area contributed by atoms with E-state index in [9.17, 15) is 48.6 Å². The lowest BCUT2D eigenvalue weighted by atomic mass is 9.99. The largest absolute Gasteiger partial charge is 0.481 e. The number of carbonyl (C=O) groups excluding carboxylic acids is 6. The van der Waals surface area contributed by atoms with E-state index < -0.39 is 109 Å². The second-order valence-electron chi connectivity index (χ2n) is 14.9. The number of aromatic amines is 1. The van der Waals surface area contributed by atoms with Crippen LogP contribution < -0.4 is 49.1 Å². The zero-order valence-corrected chi connectivity index (χ0v) is 34.3. The van der Waals surface area contributed by atoms with Gasteiger partial charge in [-0.05, 0) is 82.5 Å². The number of aliphatic hydroxyl groups excluding tert-OH is 1. The predicted octanol–water partition coefficient (Wildman–Crippen LogP) is -2.18. The smallest absolute Gasteiger partial charge is 0.326 e. The van der Waals surface area contributed by atoms with E-state index in [2.05, 4.69) is 36.9 Å². The van der Waals surface area contributed by atoms with Gasteiger partial charge in [-0.15, -0.1) is 0 Å². The Morgan fingerprint density at radius 1 is 0.650 bits per heavy atom. The van der Waals surface area contributed by atoms with E-state index in [4.69, 9.17) is 22.3 Å². The normalized spacial score (nSPS) is 14.7. The van der Waals surface area contributed by atoms with Gasteiger partial charge in [0.25, 0.3) is 0 Å². The van der Waals surface area contributed by atoms with Crippen molar-refractivity contribution in [2.45, 2.75) is 121 Å². The minimum atomic E-state index is -1.43. The van der Waals surface area contributed by atoms with E-state index >= 15 is 0 Å². The molecule has 0 saturated heterocycles. The maximum absolute atomic E-state index is 14.2. The van der Waals surface area contributed by atoms with Crippen LogP contribution in [0.1, 0.15) is 77.7 Å². The predicted molar refractivity (Wildman–Crippen MR) is 219 cm³/mol. The minimum absolute atomic E-state index is 0.0653. The molecule has 2 aromatic rings. The quantitative estimate of drug-likeness (QED) is 0.0405. The van der Waals surface area contributed by atoms with Gasteiger partial charge in [-0.2, -0.15) is 0 Å². The number of aromatic nitrogens is 1. The van der Waals surface area contributed by atoms with Crippen LogP contribution in [0, 0.1) is 5.92 Å². The van der Waals surface area contributed by atoms with E-state index in [0.717, 1.165) is 10.9 Å². The van der Waals surface area contributed by atoms with Crippen molar-refractivity contribution in [1.29, 1.82) is 0 Å². The molecule has 0 aliphatic heterocycles. The van der Waals surface area contributed by atoms with Gasteiger partial charge in [-0.25, -0.2) is 4.79 Å². The molecule has 0 spiro atoms. The van der Waals surface area contributed by atoms with Crippen LogP contribution in [0.15, 0.2) is 30.5 Å². The van der Waals surface area contributed by atoms with E-state index in [0.29, 0.717) is 44.3 Å². The summed E-state index contributed by atoms with van der Waals surface area (Å²) in [6, 6.07) is -1.89. The fraction of sp³-hybridized carbons (Fsp3) is 0.590. The number of H-pyrrole nitrogens is 1. The molecule has 0 unspecified atom stereocenters. The minimum Gasteiger partial charge on any atom is -0.481 e. The van der Waals surface area contributed by atoms with Gasteiger partial charge >= 0.3 is 11.9 Å². The summed E-state index contributed by atoms with van der Waals surface area (Å²) in [5.74, 6) is -8.03. The fourth-order valence-electron chi connectivity index (χ4n) is 6.14. The number of aliphatic carboxylic acids is 2. The van der Waals surface area contributed by atoms with Gasteiger partial charge in [0.05, 0.1) is 6.61 Å². The highest BCUT2D eigenvalue weighted by Gasteiger charge is 2.34. The molecule has 1 aromatic heterocycles. The second-order valence-corrected chi connectivity index (χ2v) is 14.9. The summed E-state index contributed by atoms with van der Waals surface area (Å²) in [5, 5.41) is 44.0. The van der Waals surface area contributed by atoms with Crippen molar-refractivity contribution in [3.05, 3.63) is 36.0 Å². The number of para-hydroxylation sites is 1. The Morgan fingerprint density at radius 2 is 1.18 bits per heavy atom. The lowest BCUT2D eigenvalue weighted by molar-refractivity contribution is -0.142. The van der Waals surface area contributed by atoms with Gasteiger partial charge in [-0.3, -0.25) is 33.6 Å². The first-order chi connectivity index (χ1) is 28.4. The number of carboxylic acids is 2. The third-order valence-electron chi connectivity index (χ3n) is 9.69. The molecule has 0 aliphatic rings. The van der Waals surface area contributed by atoms with Gasteiger partial charge < -0.3 is 69.4 Å². The van der Waals surface area contributed by atoms with Crippen LogP contribution in [0.3, 0.4) is 0 Å². The van der Waals surface area contributed by atoms with Gasteiger partial charge in [0.1, 0.15) is 42.3 Å². The summed E-state index contributed by atoms with van der Waals surface area (Å²) in [6.45, 7) is 4.48. The molecule has 1 aromatic carbocycles. The van der Waals surface area contributed by atoms with E-state index in [1.165, 1.54) is 6.92 Å². The molecule has 2 rings (SSSR count). The molecular formula is C39H62N10O11. The van der Waals surface area contributed by atoms with Gasteiger partial charge in [0.2, 0.25) is 35.4 Å². The van der Waals surface area contributed by atoms with Crippen LogP contribution in [-0.4, -0.2) is 130 Å². The van der Waals surface area contributed by atoms with Gasteiger partial charge in [0.15, 0.2) is 0 Å². The van der Waals surface area contributed by atoms with E-state index in [1.807, 2.05) is 18.2 Å². The molecule has 0 fully saturated rings. The standard InChI is InChI=1S/C39H62N10O11/c1-21(2)32(49-33(53)22(3)44-35(55)28(14-15-31(51)52)45-34(54)25(42)20-50)38(58)48-30(18-23-19-43-26-11-5-4-10-24(23)26)37(57)46-27(12-6-8-16-40)36(56)47-29(39(59)60)13-7-9-17-41/h4-5,10-11,19,21-22,25,27-30,32,43,50H,6-9,12-18,20,40-42H2,1-3H3,(H,44,55)(H,45,54)(H,46,57)(H,47,56)(H,48,58)(H,49,53)(H,51,52)(H,59,60)/t22-,25-,27-,28-,29-,30-,32-/m0/s1.